The molecule has 1 amide bonds. The van der Waals surface area contributed by atoms with E-state index < -0.39 is 20.7 Å². The number of phenolic OH excluding ortho intramolecular Hbond substituents is 1. The number of phenols is 1. The molecule has 128 valence electrons. The maximum absolute atomic E-state index is 13.5. The second kappa shape index (κ2) is 7.29. The summed E-state index contributed by atoms with van der Waals surface area (Å²) in [6.45, 7) is -0.00107. The van der Waals surface area contributed by atoms with Crippen LogP contribution in [0.5, 0.6) is 5.75 Å². The lowest BCUT2D eigenvalue weighted by Gasteiger charge is -2.08. The normalized spacial score (nSPS) is 11.3. The average Bonchev–Trinajstić information content (AvgIpc) is 2.48. The number of rotatable bonds is 5. The number of hydrogen-bond donors (Lipinski definition) is 3. The van der Waals surface area contributed by atoms with Gasteiger partial charge in [0.25, 0.3) is 0 Å². The zero-order chi connectivity index (χ0) is 17.9. The monoisotopic (exact) mass is 416 g/mol. The molecule has 2 aromatic rings. The van der Waals surface area contributed by atoms with Gasteiger partial charge in [0, 0.05) is 16.6 Å². The molecule has 2 aromatic carbocycles. The van der Waals surface area contributed by atoms with E-state index in [1.54, 1.807) is 12.1 Å². The first kappa shape index (κ1) is 18.4. The summed E-state index contributed by atoms with van der Waals surface area (Å²) in [5.41, 5.74) is 0.828. The fourth-order valence-corrected chi connectivity index (χ4v) is 3.00. The van der Waals surface area contributed by atoms with E-state index in [-0.39, 0.29) is 24.6 Å². The maximum Gasteiger partial charge on any atom is 0.240 e. The van der Waals surface area contributed by atoms with Crippen molar-refractivity contribution in [2.24, 2.45) is 5.14 Å². The molecule has 0 unspecified atom stereocenters. The van der Waals surface area contributed by atoms with Gasteiger partial charge in [0.1, 0.15) is 16.5 Å². The second-order valence-corrected chi connectivity index (χ2v) is 7.48. The SMILES string of the molecule is NS(=O)(=O)c1cc(CNC(=O)Cc2ccc(Br)cc2O)ccc1F. The van der Waals surface area contributed by atoms with Crippen molar-refractivity contribution in [1.82, 2.24) is 5.32 Å². The summed E-state index contributed by atoms with van der Waals surface area (Å²) in [7, 11) is -4.18. The number of benzene rings is 2. The van der Waals surface area contributed by atoms with Crippen LogP contribution < -0.4 is 10.5 Å². The first-order valence-corrected chi connectivity index (χ1v) is 9.06. The molecular weight excluding hydrogens is 403 g/mol. The van der Waals surface area contributed by atoms with Crippen molar-refractivity contribution in [1.29, 1.82) is 0 Å². The van der Waals surface area contributed by atoms with Crippen LogP contribution in [0.15, 0.2) is 45.8 Å². The lowest BCUT2D eigenvalue weighted by atomic mass is 10.1. The van der Waals surface area contributed by atoms with Gasteiger partial charge >= 0.3 is 0 Å². The molecule has 0 atom stereocenters. The van der Waals surface area contributed by atoms with Gasteiger partial charge in [-0.05, 0) is 29.8 Å². The van der Waals surface area contributed by atoms with Crippen LogP contribution >= 0.6 is 15.9 Å². The molecule has 4 N–H and O–H groups in total. The molecule has 0 saturated heterocycles. The number of nitrogens with one attached hydrogen (secondary N) is 1. The molecular formula is C15H14BrFN2O4S. The van der Waals surface area contributed by atoms with E-state index >= 15 is 0 Å². The molecule has 0 aliphatic carbocycles. The molecule has 0 aromatic heterocycles. The van der Waals surface area contributed by atoms with E-state index in [4.69, 9.17) is 5.14 Å². The van der Waals surface area contributed by atoms with E-state index in [0.29, 0.717) is 15.6 Å². The average molecular weight is 417 g/mol. The van der Waals surface area contributed by atoms with Crippen LogP contribution in [0.1, 0.15) is 11.1 Å². The molecule has 0 saturated carbocycles. The highest BCUT2D eigenvalue weighted by molar-refractivity contribution is 9.10. The summed E-state index contributed by atoms with van der Waals surface area (Å²) in [6, 6.07) is 8.17. The molecule has 9 heteroatoms. The summed E-state index contributed by atoms with van der Waals surface area (Å²) in [6.07, 6.45) is -0.0532. The summed E-state index contributed by atoms with van der Waals surface area (Å²) in [4.78, 5) is 11.3. The van der Waals surface area contributed by atoms with Gasteiger partial charge in [-0.3, -0.25) is 4.79 Å². The van der Waals surface area contributed by atoms with Crippen molar-refractivity contribution >= 4 is 31.9 Å². The molecule has 6 nitrogen and oxygen atoms in total. The van der Waals surface area contributed by atoms with E-state index in [9.17, 15) is 22.7 Å². The molecule has 0 fully saturated rings. The Kier molecular flexibility index (Phi) is 5.58. The van der Waals surface area contributed by atoms with Crippen LogP contribution in [-0.4, -0.2) is 19.4 Å². The standard InChI is InChI=1S/C15H14BrFN2O4S/c16-11-3-2-10(13(20)7-11)6-15(21)19-8-9-1-4-12(17)14(5-9)24(18,22)23/h1-5,7,20H,6,8H2,(H,19,21)(H2,18,22,23). The number of nitrogens with two attached hydrogens (primary N) is 1. The van der Waals surface area contributed by atoms with Gasteiger partial charge in [-0.1, -0.05) is 28.1 Å². The summed E-state index contributed by atoms with van der Waals surface area (Å²) < 4.78 is 36.7. The van der Waals surface area contributed by atoms with Crippen LogP contribution in [0.2, 0.25) is 0 Å². The summed E-state index contributed by atoms with van der Waals surface area (Å²) in [5, 5.41) is 17.2. The topological polar surface area (TPSA) is 109 Å². The molecule has 24 heavy (non-hydrogen) atoms. The Morgan fingerprint density at radius 3 is 2.58 bits per heavy atom. The minimum atomic E-state index is -4.18. The summed E-state index contributed by atoms with van der Waals surface area (Å²) >= 11 is 3.20. The van der Waals surface area contributed by atoms with E-state index in [0.717, 1.165) is 12.1 Å². The maximum atomic E-state index is 13.5. The van der Waals surface area contributed by atoms with Gasteiger partial charge in [0.2, 0.25) is 15.9 Å². The largest absolute Gasteiger partial charge is 0.508 e. The van der Waals surface area contributed by atoms with Crippen molar-refractivity contribution in [3.8, 4) is 5.75 Å². The van der Waals surface area contributed by atoms with Crippen LogP contribution in [0.3, 0.4) is 0 Å². The smallest absolute Gasteiger partial charge is 0.240 e. The zero-order valence-electron chi connectivity index (χ0n) is 12.3. The number of carbonyl (C=O) groups excluding carboxylic acids is 1. The van der Waals surface area contributed by atoms with Crippen molar-refractivity contribution in [3.63, 3.8) is 0 Å². The third-order valence-electron chi connectivity index (χ3n) is 3.19. The minimum absolute atomic E-state index is 0.00107. The van der Waals surface area contributed by atoms with Gasteiger partial charge in [-0.25, -0.2) is 17.9 Å². The Bertz CT molecular complexity index is 887. The Hall–Kier alpha value is -1.97. The molecule has 0 aliphatic heterocycles. The van der Waals surface area contributed by atoms with Gasteiger partial charge in [-0.15, -0.1) is 0 Å². The number of aromatic hydroxyl groups is 1. The van der Waals surface area contributed by atoms with Crippen molar-refractivity contribution in [2.45, 2.75) is 17.9 Å². The number of primary sulfonamides is 1. The molecule has 0 spiro atoms. The second-order valence-electron chi connectivity index (χ2n) is 5.04. The quantitative estimate of drug-likeness (QED) is 0.689. The van der Waals surface area contributed by atoms with Crippen molar-refractivity contribution < 1.29 is 22.7 Å². The van der Waals surface area contributed by atoms with Crippen LogP contribution in [0, 0.1) is 5.82 Å². The Labute approximate surface area is 146 Å². The van der Waals surface area contributed by atoms with Gasteiger partial charge in [-0.2, -0.15) is 0 Å². The number of carbonyl (C=O) groups is 1. The Morgan fingerprint density at radius 2 is 1.96 bits per heavy atom. The predicted octanol–water partition coefficient (Wildman–Crippen LogP) is 1.80. The molecule has 0 bridgehead atoms. The Morgan fingerprint density at radius 1 is 1.25 bits per heavy atom. The third kappa shape index (κ3) is 4.76. The lowest BCUT2D eigenvalue weighted by molar-refractivity contribution is -0.120. The first-order chi connectivity index (χ1) is 11.2. The van der Waals surface area contributed by atoms with Gasteiger partial charge in [0.15, 0.2) is 0 Å². The third-order valence-corrected chi connectivity index (χ3v) is 4.61. The molecule has 0 aliphatic rings. The van der Waals surface area contributed by atoms with Crippen LogP contribution in [0.25, 0.3) is 0 Å². The number of sulfonamides is 1. The van der Waals surface area contributed by atoms with Gasteiger partial charge in [0.05, 0.1) is 6.42 Å². The fourth-order valence-electron chi connectivity index (χ4n) is 2.00. The fraction of sp³-hybridized carbons (Fsp3) is 0.133. The highest BCUT2D eigenvalue weighted by atomic mass is 79.9. The van der Waals surface area contributed by atoms with E-state index in [1.807, 2.05) is 0 Å². The van der Waals surface area contributed by atoms with Crippen LogP contribution in [0.4, 0.5) is 4.39 Å². The van der Waals surface area contributed by atoms with Crippen molar-refractivity contribution in [3.05, 3.63) is 57.8 Å². The zero-order valence-corrected chi connectivity index (χ0v) is 14.7. The number of hydrogen-bond acceptors (Lipinski definition) is 4. The highest BCUT2D eigenvalue weighted by Crippen LogP contribution is 2.22. The lowest BCUT2D eigenvalue weighted by Crippen LogP contribution is -2.25. The summed E-state index contributed by atoms with van der Waals surface area (Å²) in [5.74, 6) is -1.35. The van der Waals surface area contributed by atoms with Crippen molar-refractivity contribution in [2.75, 3.05) is 0 Å². The Balaban J connectivity index is 2.04. The highest BCUT2D eigenvalue weighted by Gasteiger charge is 2.15. The van der Waals surface area contributed by atoms with Gasteiger partial charge < -0.3 is 10.4 Å². The van der Waals surface area contributed by atoms with Crippen LogP contribution in [-0.2, 0) is 27.8 Å². The molecule has 2 rings (SSSR count). The predicted molar refractivity (Wildman–Crippen MR) is 89.1 cm³/mol. The number of amides is 1. The first-order valence-electron chi connectivity index (χ1n) is 6.72. The molecule has 0 radical (unpaired) electrons. The molecule has 0 heterocycles. The minimum Gasteiger partial charge on any atom is -0.508 e. The van der Waals surface area contributed by atoms with E-state index in [2.05, 4.69) is 21.2 Å². The number of halogens is 2. The van der Waals surface area contributed by atoms with E-state index in [1.165, 1.54) is 12.1 Å².